The zero-order valence-corrected chi connectivity index (χ0v) is 11.9. The fourth-order valence-corrected chi connectivity index (χ4v) is 2.75. The number of hydrogen-bond acceptors (Lipinski definition) is 5. The van der Waals surface area contributed by atoms with Gasteiger partial charge in [0.05, 0.1) is 11.9 Å². The van der Waals surface area contributed by atoms with Crippen LogP contribution >= 0.6 is 11.3 Å². The third kappa shape index (κ3) is 2.92. The van der Waals surface area contributed by atoms with Crippen LogP contribution in [0.4, 0.5) is 0 Å². The maximum absolute atomic E-state index is 4.34. The standard InChI is InChI=1S/C14H15N5S/c1-10-5-17-13(20-10)9-16-7-12-8-18-19-14(12)11-3-2-4-15-6-11/h2-6,8,16H,7,9H2,1H3,(H,18,19). The molecular weight excluding hydrogens is 270 g/mol. The monoisotopic (exact) mass is 285 g/mol. The molecule has 0 aliphatic rings. The Bertz CT molecular complexity index is 674. The highest BCUT2D eigenvalue weighted by Crippen LogP contribution is 2.19. The van der Waals surface area contributed by atoms with Crippen molar-refractivity contribution < 1.29 is 0 Å². The molecule has 6 heteroatoms. The van der Waals surface area contributed by atoms with Gasteiger partial charge in [-0.15, -0.1) is 11.3 Å². The first-order valence-electron chi connectivity index (χ1n) is 6.37. The summed E-state index contributed by atoms with van der Waals surface area (Å²) in [5, 5.41) is 11.7. The predicted octanol–water partition coefficient (Wildman–Crippen LogP) is 2.53. The first kappa shape index (κ1) is 13.0. The minimum atomic E-state index is 0.749. The molecule has 0 unspecified atom stereocenters. The van der Waals surface area contributed by atoms with Gasteiger partial charge in [-0.05, 0) is 19.1 Å². The molecule has 3 heterocycles. The van der Waals surface area contributed by atoms with Gasteiger partial charge in [0.15, 0.2) is 0 Å². The van der Waals surface area contributed by atoms with Crippen LogP contribution in [0.1, 0.15) is 15.4 Å². The molecule has 0 saturated carbocycles. The van der Waals surface area contributed by atoms with Crippen LogP contribution in [0.3, 0.4) is 0 Å². The van der Waals surface area contributed by atoms with Crippen LogP contribution < -0.4 is 5.32 Å². The fourth-order valence-electron chi connectivity index (χ4n) is 1.99. The average Bonchev–Trinajstić information content (AvgIpc) is 3.09. The Balaban J connectivity index is 1.65. The first-order chi connectivity index (χ1) is 9.83. The highest BCUT2D eigenvalue weighted by molar-refractivity contribution is 7.11. The average molecular weight is 285 g/mol. The lowest BCUT2D eigenvalue weighted by Gasteiger charge is -2.04. The van der Waals surface area contributed by atoms with Gasteiger partial charge < -0.3 is 5.32 Å². The topological polar surface area (TPSA) is 66.5 Å². The van der Waals surface area contributed by atoms with E-state index < -0.39 is 0 Å². The smallest absolute Gasteiger partial charge is 0.107 e. The Morgan fingerprint density at radius 2 is 2.20 bits per heavy atom. The summed E-state index contributed by atoms with van der Waals surface area (Å²) in [6, 6.07) is 3.94. The number of nitrogens with zero attached hydrogens (tertiary/aromatic N) is 3. The van der Waals surface area contributed by atoms with Crippen LogP contribution in [0.15, 0.2) is 36.9 Å². The minimum Gasteiger partial charge on any atom is -0.306 e. The summed E-state index contributed by atoms with van der Waals surface area (Å²) in [7, 11) is 0. The number of aryl methyl sites for hydroxylation is 1. The molecule has 0 aliphatic carbocycles. The van der Waals surface area contributed by atoms with Gasteiger partial charge in [0.25, 0.3) is 0 Å². The van der Waals surface area contributed by atoms with Crippen molar-refractivity contribution >= 4 is 11.3 Å². The number of rotatable bonds is 5. The summed E-state index contributed by atoms with van der Waals surface area (Å²) in [6.07, 6.45) is 7.35. The summed E-state index contributed by atoms with van der Waals surface area (Å²) in [5.41, 5.74) is 3.19. The van der Waals surface area contributed by atoms with E-state index in [1.54, 1.807) is 17.5 Å². The highest BCUT2D eigenvalue weighted by atomic mass is 32.1. The van der Waals surface area contributed by atoms with E-state index in [0.717, 1.165) is 34.9 Å². The van der Waals surface area contributed by atoms with Crippen LogP contribution in [0.2, 0.25) is 0 Å². The van der Waals surface area contributed by atoms with Gasteiger partial charge >= 0.3 is 0 Å². The van der Waals surface area contributed by atoms with Crippen molar-refractivity contribution in [3.8, 4) is 11.3 Å². The van der Waals surface area contributed by atoms with Crippen LogP contribution in [0.5, 0.6) is 0 Å². The molecule has 20 heavy (non-hydrogen) atoms. The Hall–Kier alpha value is -2.05. The van der Waals surface area contributed by atoms with E-state index in [1.807, 2.05) is 30.7 Å². The van der Waals surface area contributed by atoms with E-state index in [9.17, 15) is 0 Å². The summed E-state index contributed by atoms with van der Waals surface area (Å²) in [6.45, 7) is 3.59. The van der Waals surface area contributed by atoms with E-state index in [4.69, 9.17) is 0 Å². The van der Waals surface area contributed by atoms with Crippen LogP contribution in [-0.2, 0) is 13.1 Å². The molecule has 0 atom stereocenters. The van der Waals surface area contributed by atoms with E-state index >= 15 is 0 Å². The van der Waals surface area contributed by atoms with Crippen LogP contribution in [0.25, 0.3) is 11.3 Å². The normalized spacial score (nSPS) is 10.8. The Kier molecular flexibility index (Phi) is 3.85. The summed E-state index contributed by atoms with van der Waals surface area (Å²) >= 11 is 1.72. The van der Waals surface area contributed by atoms with Crippen molar-refractivity contribution in [1.82, 2.24) is 25.5 Å². The molecule has 3 rings (SSSR count). The summed E-state index contributed by atoms with van der Waals surface area (Å²) in [5.74, 6) is 0. The fraction of sp³-hybridized carbons (Fsp3) is 0.214. The molecule has 0 aromatic carbocycles. The molecule has 5 nitrogen and oxygen atoms in total. The maximum Gasteiger partial charge on any atom is 0.107 e. The lowest BCUT2D eigenvalue weighted by Crippen LogP contribution is -2.12. The second-order valence-electron chi connectivity index (χ2n) is 4.48. The predicted molar refractivity (Wildman–Crippen MR) is 79.2 cm³/mol. The van der Waals surface area contributed by atoms with Gasteiger partial charge in [-0.25, -0.2) is 4.98 Å². The number of pyridine rings is 1. The number of thiazole rings is 1. The number of nitrogens with one attached hydrogen (secondary N) is 2. The Morgan fingerprint density at radius 1 is 1.25 bits per heavy atom. The van der Waals surface area contributed by atoms with Gasteiger partial charge in [0.2, 0.25) is 0 Å². The van der Waals surface area contributed by atoms with Crippen molar-refractivity contribution in [1.29, 1.82) is 0 Å². The lowest BCUT2D eigenvalue weighted by molar-refractivity contribution is 0.691. The second-order valence-corrected chi connectivity index (χ2v) is 5.80. The number of H-pyrrole nitrogens is 1. The maximum atomic E-state index is 4.34. The third-order valence-electron chi connectivity index (χ3n) is 2.93. The Morgan fingerprint density at radius 3 is 2.95 bits per heavy atom. The van der Waals surface area contributed by atoms with E-state index in [2.05, 4.69) is 32.4 Å². The highest BCUT2D eigenvalue weighted by Gasteiger charge is 2.07. The van der Waals surface area contributed by atoms with E-state index in [-0.39, 0.29) is 0 Å². The molecule has 2 N–H and O–H groups in total. The quantitative estimate of drug-likeness (QED) is 0.756. The van der Waals surface area contributed by atoms with Crippen LogP contribution in [0, 0.1) is 6.92 Å². The van der Waals surface area contributed by atoms with Crippen molar-refractivity contribution in [3.63, 3.8) is 0 Å². The van der Waals surface area contributed by atoms with Crippen molar-refractivity contribution in [2.24, 2.45) is 0 Å². The van der Waals surface area contributed by atoms with Gasteiger partial charge in [-0.3, -0.25) is 10.1 Å². The van der Waals surface area contributed by atoms with Crippen molar-refractivity contribution in [2.75, 3.05) is 0 Å². The van der Waals surface area contributed by atoms with Crippen molar-refractivity contribution in [3.05, 3.63) is 52.4 Å². The summed E-state index contributed by atoms with van der Waals surface area (Å²) < 4.78 is 0. The molecule has 0 spiro atoms. The SMILES string of the molecule is Cc1cnc(CNCc2cn[nH]c2-c2cccnc2)s1. The van der Waals surface area contributed by atoms with Gasteiger partial charge in [0.1, 0.15) is 5.01 Å². The Labute approximate surface area is 121 Å². The van der Waals surface area contributed by atoms with Gasteiger partial charge in [-0.2, -0.15) is 5.10 Å². The number of hydrogen-bond donors (Lipinski definition) is 2. The van der Waals surface area contributed by atoms with Gasteiger partial charge in [0, 0.05) is 47.7 Å². The number of aromatic amines is 1. The molecule has 3 aromatic rings. The first-order valence-corrected chi connectivity index (χ1v) is 7.19. The minimum absolute atomic E-state index is 0.749. The van der Waals surface area contributed by atoms with Crippen molar-refractivity contribution in [2.45, 2.75) is 20.0 Å². The molecule has 0 fully saturated rings. The molecule has 0 amide bonds. The third-order valence-corrected chi connectivity index (χ3v) is 3.84. The summed E-state index contributed by atoms with van der Waals surface area (Å²) in [4.78, 5) is 9.71. The molecule has 102 valence electrons. The molecular formula is C14H15N5S. The molecule has 0 bridgehead atoms. The largest absolute Gasteiger partial charge is 0.306 e. The van der Waals surface area contributed by atoms with E-state index in [1.165, 1.54) is 4.88 Å². The number of aromatic nitrogens is 4. The molecule has 0 aliphatic heterocycles. The zero-order valence-electron chi connectivity index (χ0n) is 11.1. The zero-order chi connectivity index (χ0) is 13.8. The van der Waals surface area contributed by atoms with Gasteiger partial charge in [-0.1, -0.05) is 0 Å². The van der Waals surface area contributed by atoms with Crippen LogP contribution in [-0.4, -0.2) is 20.2 Å². The lowest BCUT2D eigenvalue weighted by atomic mass is 10.1. The molecule has 0 saturated heterocycles. The molecule has 0 radical (unpaired) electrons. The second kappa shape index (κ2) is 5.94. The molecule has 3 aromatic heterocycles. The van der Waals surface area contributed by atoms with E-state index in [0.29, 0.717) is 0 Å².